The summed E-state index contributed by atoms with van der Waals surface area (Å²) in [5.74, 6) is 1.32. The molecule has 0 amide bonds. The molecule has 1 aliphatic carbocycles. The lowest BCUT2D eigenvalue weighted by atomic mass is 9.79. The highest BCUT2D eigenvalue weighted by Crippen LogP contribution is 2.32. The molecule has 2 heteroatoms. The lowest BCUT2D eigenvalue weighted by Crippen LogP contribution is -2.17. The molecule has 0 heterocycles. The van der Waals surface area contributed by atoms with Gasteiger partial charge in [-0.2, -0.15) is 0 Å². The summed E-state index contributed by atoms with van der Waals surface area (Å²) < 4.78 is 0. The van der Waals surface area contributed by atoms with Crippen LogP contribution in [0.2, 0.25) is 0 Å². The molecule has 0 saturated heterocycles. The van der Waals surface area contributed by atoms with Gasteiger partial charge in [-0.25, -0.2) is 0 Å². The molecule has 140 valence electrons. The molecule has 1 aliphatic rings. The van der Waals surface area contributed by atoms with E-state index in [9.17, 15) is 0 Å². The van der Waals surface area contributed by atoms with Crippen molar-refractivity contribution in [2.45, 2.75) is 77.0 Å². The monoisotopic (exact) mass is 343 g/mol. The molecule has 0 unspecified atom stereocenters. The van der Waals surface area contributed by atoms with Gasteiger partial charge in [0.05, 0.1) is 0 Å². The van der Waals surface area contributed by atoms with Crippen LogP contribution in [0.4, 0.5) is 0 Å². The quantitative estimate of drug-likeness (QED) is 0.432. The van der Waals surface area contributed by atoms with Crippen LogP contribution in [0.5, 0.6) is 0 Å². The lowest BCUT2D eigenvalue weighted by Gasteiger charge is -2.26. The van der Waals surface area contributed by atoms with Crippen LogP contribution in [0.25, 0.3) is 0 Å². The maximum absolute atomic E-state index is 8.97. The first kappa shape index (κ1) is 20.2. The second-order valence-corrected chi connectivity index (χ2v) is 7.64. The topological polar surface area (TPSA) is 46.2 Å². The summed E-state index contributed by atoms with van der Waals surface area (Å²) in [6, 6.07) is 7.10. The summed E-state index contributed by atoms with van der Waals surface area (Å²) in [5.41, 5.74) is 10.5. The van der Waals surface area contributed by atoms with Crippen LogP contribution < -0.4 is 5.73 Å². The Morgan fingerprint density at radius 2 is 2.08 bits per heavy atom. The third-order valence-corrected chi connectivity index (χ3v) is 5.75. The van der Waals surface area contributed by atoms with Crippen molar-refractivity contribution in [1.82, 2.24) is 0 Å². The molecule has 2 atom stereocenters. The molecule has 1 aromatic carbocycles. The molecule has 2 nitrogen and oxygen atoms in total. The number of fused-ring (bicyclic) bond motifs is 1. The highest BCUT2D eigenvalue weighted by atomic mass is 16.2. The number of rotatable bonds is 11. The summed E-state index contributed by atoms with van der Waals surface area (Å²) >= 11 is 0. The van der Waals surface area contributed by atoms with Crippen LogP contribution in [0.3, 0.4) is 0 Å². The van der Waals surface area contributed by atoms with Crippen molar-refractivity contribution in [2.24, 2.45) is 11.7 Å². The van der Waals surface area contributed by atoms with E-state index in [2.05, 4.69) is 37.3 Å². The van der Waals surface area contributed by atoms with Crippen LogP contribution in [0.15, 0.2) is 30.4 Å². The first-order chi connectivity index (χ1) is 12.3. The minimum Gasteiger partial charge on any atom is -0.396 e. The molecule has 0 saturated carbocycles. The van der Waals surface area contributed by atoms with Crippen molar-refractivity contribution in [1.29, 1.82) is 0 Å². The average molecular weight is 344 g/mol. The van der Waals surface area contributed by atoms with Gasteiger partial charge in [0.15, 0.2) is 0 Å². The smallest absolute Gasteiger partial charge is 0.0431 e. The van der Waals surface area contributed by atoms with Crippen LogP contribution in [-0.4, -0.2) is 18.3 Å². The van der Waals surface area contributed by atoms with Gasteiger partial charge in [-0.05, 0) is 86.9 Å². The number of aliphatic hydroxyl groups is 1. The van der Waals surface area contributed by atoms with E-state index in [1.807, 2.05) is 0 Å². The molecular weight excluding hydrogens is 306 g/mol. The van der Waals surface area contributed by atoms with Gasteiger partial charge in [0.1, 0.15) is 0 Å². The Balaban J connectivity index is 1.87. The second-order valence-electron chi connectivity index (χ2n) is 7.64. The molecule has 0 fully saturated rings. The van der Waals surface area contributed by atoms with Crippen molar-refractivity contribution in [3.05, 3.63) is 47.0 Å². The van der Waals surface area contributed by atoms with Crippen molar-refractivity contribution in [3.63, 3.8) is 0 Å². The molecule has 0 bridgehead atoms. The Morgan fingerprint density at radius 1 is 1.20 bits per heavy atom. The van der Waals surface area contributed by atoms with Crippen molar-refractivity contribution in [2.75, 3.05) is 13.2 Å². The molecule has 0 aliphatic heterocycles. The van der Waals surface area contributed by atoms with Gasteiger partial charge in [0.2, 0.25) is 0 Å². The maximum Gasteiger partial charge on any atom is 0.0431 e. The first-order valence-corrected chi connectivity index (χ1v) is 10.3. The first-order valence-electron chi connectivity index (χ1n) is 10.3. The van der Waals surface area contributed by atoms with Gasteiger partial charge in [-0.1, -0.05) is 49.6 Å². The summed E-state index contributed by atoms with van der Waals surface area (Å²) in [7, 11) is 0. The number of benzene rings is 1. The van der Waals surface area contributed by atoms with Gasteiger partial charge in [0.25, 0.3) is 0 Å². The van der Waals surface area contributed by atoms with E-state index in [-0.39, 0.29) is 6.61 Å². The molecular formula is C23H37NO. The van der Waals surface area contributed by atoms with Crippen molar-refractivity contribution >= 4 is 0 Å². The lowest BCUT2D eigenvalue weighted by molar-refractivity contribution is 0.281. The fraction of sp³-hybridized carbons (Fsp3) is 0.652. The molecule has 0 spiro atoms. The van der Waals surface area contributed by atoms with E-state index in [0.29, 0.717) is 12.5 Å². The molecule has 0 radical (unpaired) electrons. The van der Waals surface area contributed by atoms with E-state index < -0.39 is 0 Å². The maximum atomic E-state index is 8.97. The van der Waals surface area contributed by atoms with Gasteiger partial charge in [-0.15, -0.1) is 0 Å². The normalized spacial score (nSPS) is 18.4. The zero-order chi connectivity index (χ0) is 17.9. The Labute approximate surface area is 154 Å². The highest BCUT2D eigenvalue weighted by molar-refractivity contribution is 5.36. The van der Waals surface area contributed by atoms with Gasteiger partial charge in [-0.3, -0.25) is 0 Å². The van der Waals surface area contributed by atoms with E-state index in [1.165, 1.54) is 50.5 Å². The molecule has 1 aromatic rings. The molecule has 25 heavy (non-hydrogen) atoms. The number of hydrogen-bond donors (Lipinski definition) is 2. The third kappa shape index (κ3) is 6.60. The number of allylic oxidation sites excluding steroid dienone is 2. The SMILES string of the molecule is C/C=C\CCCC[C@@H]1CCc2cc([C@H](CN)CCCCO)ccc2C1. The second kappa shape index (κ2) is 11.5. The molecule has 0 aromatic heterocycles. The predicted octanol–water partition coefficient (Wildman–Crippen LogP) is 5.13. The summed E-state index contributed by atoms with van der Waals surface area (Å²) in [6.45, 7) is 3.10. The van der Waals surface area contributed by atoms with E-state index in [0.717, 1.165) is 25.2 Å². The fourth-order valence-electron chi connectivity index (χ4n) is 4.14. The number of aliphatic hydroxyl groups excluding tert-OH is 1. The Kier molecular flexibility index (Phi) is 9.28. The van der Waals surface area contributed by atoms with Gasteiger partial charge >= 0.3 is 0 Å². The third-order valence-electron chi connectivity index (χ3n) is 5.75. The highest BCUT2D eigenvalue weighted by Gasteiger charge is 2.20. The van der Waals surface area contributed by atoms with E-state index in [4.69, 9.17) is 10.8 Å². The average Bonchev–Trinajstić information content (AvgIpc) is 2.65. The van der Waals surface area contributed by atoms with Gasteiger partial charge in [0, 0.05) is 6.61 Å². The largest absolute Gasteiger partial charge is 0.396 e. The number of hydrogen-bond acceptors (Lipinski definition) is 2. The Hall–Kier alpha value is -1.12. The van der Waals surface area contributed by atoms with Crippen LogP contribution >= 0.6 is 0 Å². The van der Waals surface area contributed by atoms with E-state index >= 15 is 0 Å². The predicted molar refractivity (Wildman–Crippen MR) is 108 cm³/mol. The Bertz CT molecular complexity index is 523. The fourth-order valence-corrected chi connectivity index (χ4v) is 4.14. The van der Waals surface area contributed by atoms with Crippen LogP contribution in [0.1, 0.15) is 80.9 Å². The molecule has 2 rings (SSSR count). The number of aryl methyl sites for hydroxylation is 1. The zero-order valence-corrected chi connectivity index (χ0v) is 16.1. The van der Waals surface area contributed by atoms with Crippen LogP contribution in [0, 0.1) is 5.92 Å². The van der Waals surface area contributed by atoms with E-state index in [1.54, 1.807) is 11.1 Å². The Morgan fingerprint density at radius 3 is 2.84 bits per heavy atom. The molecule has 3 N–H and O–H groups in total. The minimum absolute atomic E-state index is 0.289. The summed E-state index contributed by atoms with van der Waals surface area (Å²) in [6.07, 6.45) is 16.6. The van der Waals surface area contributed by atoms with Crippen LogP contribution in [-0.2, 0) is 12.8 Å². The van der Waals surface area contributed by atoms with Gasteiger partial charge < -0.3 is 10.8 Å². The zero-order valence-electron chi connectivity index (χ0n) is 16.1. The number of unbranched alkanes of at least 4 members (excludes halogenated alkanes) is 3. The standard InChI is InChI=1S/C23H37NO/c1-2-3-4-5-6-9-19-11-12-21-17-22(14-13-20(21)16-19)23(18-24)10-7-8-15-25/h2-3,13-14,17,19,23,25H,4-12,15-16,18,24H2,1H3/b3-2-/t19-,23+/m1/s1. The number of nitrogens with two attached hydrogens (primary N) is 1. The van der Waals surface area contributed by atoms with Crippen molar-refractivity contribution < 1.29 is 5.11 Å². The van der Waals surface area contributed by atoms with Crippen molar-refractivity contribution in [3.8, 4) is 0 Å². The summed E-state index contributed by atoms with van der Waals surface area (Å²) in [4.78, 5) is 0. The minimum atomic E-state index is 0.289. The summed E-state index contributed by atoms with van der Waals surface area (Å²) in [5, 5.41) is 8.97.